The molecule has 0 aliphatic carbocycles. The molecule has 0 saturated carbocycles. The Morgan fingerprint density at radius 1 is 0.914 bits per heavy atom. The monoisotopic (exact) mass is 491 g/mol. The van der Waals surface area contributed by atoms with Gasteiger partial charge in [0.1, 0.15) is 0 Å². The van der Waals surface area contributed by atoms with Gasteiger partial charge in [-0.25, -0.2) is 13.1 Å². The minimum absolute atomic E-state index is 0.0444. The molecule has 0 spiro atoms. The first kappa shape index (κ1) is 24.6. The van der Waals surface area contributed by atoms with Crippen LogP contribution >= 0.6 is 0 Å². The van der Waals surface area contributed by atoms with Crippen LogP contribution in [-0.4, -0.2) is 38.2 Å². The molecular weight excluding hydrogens is 462 g/mol. The second-order valence-corrected chi connectivity index (χ2v) is 10.5. The van der Waals surface area contributed by atoms with Crippen LogP contribution in [0.1, 0.15) is 34.3 Å². The van der Waals surface area contributed by atoms with Gasteiger partial charge < -0.3 is 10.2 Å². The molecule has 182 valence electrons. The van der Waals surface area contributed by atoms with Crippen molar-refractivity contribution in [2.75, 3.05) is 18.4 Å². The molecular formula is C27H29N3O4S. The van der Waals surface area contributed by atoms with E-state index in [1.165, 1.54) is 12.1 Å². The van der Waals surface area contributed by atoms with Crippen molar-refractivity contribution in [1.82, 2.24) is 9.62 Å². The number of amides is 2. The highest BCUT2D eigenvalue weighted by Crippen LogP contribution is 2.23. The van der Waals surface area contributed by atoms with Crippen molar-refractivity contribution in [2.24, 2.45) is 5.92 Å². The highest BCUT2D eigenvalue weighted by atomic mass is 32.2. The number of aryl methyl sites for hydroxylation is 1. The van der Waals surface area contributed by atoms with Crippen LogP contribution in [0, 0.1) is 12.8 Å². The summed E-state index contributed by atoms with van der Waals surface area (Å²) in [6.07, 6.45) is 1.11. The van der Waals surface area contributed by atoms with E-state index >= 15 is 0 Å². The molecule has 3 aromatic rings. The standard InChI is InChI=1S/C27H29N3O4S/c1-20-12-13-24(35(33,34)28-19-21-8-4-2-5-9-21)18-25(20)27(32)30-16-14-22(15-17-30)26(31)29-23-10-6-3-7-11-23/h2-13,18,22,28H,14-17,19H2,1H3,(H,29,31). The Hall–Kier alpha value is -3.49. The van der Waals surface area contributed by atoms with Crippen LogP contribution in [0.5, 0.6) is 0 Å². The lowest BCUT2D eigenvalue weighted by molar-refractivity contribution is -0.121. The highest BCUT2D eigenvalue weighted by Gasteiger charge is 2.29. The Balaban J connectivity index is 1.39. The summed E-state index contributed by atoms with van der Waals surface area (Å²) < 4.78 is 28.3. The van der Waals surface area contributed by atoms with Gasteiger partial charge in [0.25, 0.3) is 5.91 Å². The SMILES string of the molecule is Cc1ccc(S(=O)(=O)NCc2ccccc2)cc1C(=O)N1CCC(C(=O)Nc2ccccc2)CC1. The number of carbonyl (C=O) groups excluding carboxylic acids is 2. The molecule has 3 aromatic carbocycles. The van der Waals surface area contributed by atoms with E-state index in [1.54, 1.807) is 17.9 Å². The highest BCUT2D eigenvalue weighted by molar-refractivity contribution is 7.89. The second-order valence-electron chi connectivity index (χ2n) is 8.71. The molecule has 2 amide bonds. The molecule has 1 aliphatic heterocycles. The maximum Gasteiger partial charge on any atom is 0.254 e. The van der Waals surface area contributed by atoms with Gasteiger partial charge in [-0.1, -0.05) is 54.6 Å². The van der Waals surface area contributed by atoms with Gasteiger partial charge in [0.05, 0.1) is 4.90 Å². The molecule has 4 rings (SSSR count). The first-order valence-electron chi connectivity index (χ1n) is 11.6. The Kier molecular flexibility index (Phi) is 7.63. The number of hydrogen-bond donors (Lipinski definition) is 2. The summed E-state index contributed by atoms with van der Waals surface area (Å²) in [5, 5.41) is 2.93. The van der Waals surface area contributed by atoms with Crippen molar-refractivity contribution in [3.63, 3.8) is 0 Å². The number of hydrogen-bond acceptors (Lipinski definition) is 4. The van der Waals surface area contributed by atoms with Gasteiger partial charge in [-0.05, 0) is 55.2 Å². The van der Waals surface area contributed by atoms with Crippen LogP contribution in [-0.2, 0) is 21.4 Å². The third-order valence-electron chi connectivity index (χ3n) is 6.25. The van der Waals surface area contributed by atoms with Crippen LogP contribution in [0.15, 0.2) is 83.8 Å². The molecule has 1 aliphatic rings. The molecule has 0 aromatic heterocycles. The average molecular weight is 492 g/mol. The molecule has 35 heavy (non-hydrogen) atoms. The fraction of sp³-hybridized carbons (Fsp3) is 0.259. The number of rotatable bonds is 7. The predicted molar refractivity (Wildman–Crippen MR) is 135 cm³/mol. The van der Waals surface area contributed by atoms with Gasteiger partial charge >= 0.3 is 0 Å². The summed E-state index contributed by atoms with van der Waals surface area (Å²) >= 11 is 0. The number of carbonyl (C=O) groups is 2. The number of likely N-dealkylation sites (tertiary alicyclic amines) is 1. The molecule has 0 bridgehead atoms. The van der Waals surface area contributed by atoms with E-state index in [0.717, 1.165) is 11.3 Å². The molecule has 1 fully saturated rings. The molecule has 0 atom stereocenters. The van der Waals surface area contributed by atoms with E-state index in [2.05, 4.69) is 10.0 Å². The number of piperidine rings is 1. The lowest BCUT2D eigenvalue weighted by atomic mass is 9.95. The van der Waals surface area contributed by atoms with Gasteiger partial charge in [0.2, 0.25) is 15.9 Å². The number of anilines is 1. The fourth-order valence-corrected chi connectivity index (χ4v) is 5.18. The van der Waals surface area contributed by atoms with Gasteiger partial charge in [-0.2, -0.15) is 0 Å². The van der Waals surface area contributed by atoms with Crippen LogP contribution < -0.4 is 10.0 Å². The van der Waals surface area contributed by atoms with E-state index in [0.29, 0.717) is 37.1 Å². The molecule has 2 N–H and O–H groups in total. The molecule has 0 unspecified atom stereocenters. The quantitative estimate of drug-likeness (QED) is 0.523. The molecule has 8 heteroatoms. The largest absolute Gasteiger partial charge is 0.339 e. The topological polar surface area (TPSA) is 95.6 Å². The number of sulfonamides is 1. The number of para-hydroxylation sites is 1. The van der Waals surface area contributed by atoms with Gasteiger partial charge in [-0.3, -0.25) is 9.59 Å². The number of benzene rings is 3. The first-order chi connectivity index (χ1) is 16.8. The van der Waals surface area contributed by atoms with Crippen LogP contribution in [0.3, 0.4) is 0 Å². The van der Waals surface area contributed by atoms with E-state index in [1.807, 2.05) is 60.7 Å². The molecule has 7 nitrogen and oxygen atoms in total. The third kappa shape index (κ3) is 6.15. The smallest absolute Gasteiger partial charge is 0.254 e. The summed E-state index contributed by atoms with van der Waals surface area (Å²) in [6, 6.07) is 23.2. The summed E-state index contributed by atoms with van der Waals surface area (Å²) in [5.74, 6) is -0.434. The number of nitrogens with one attached hydrogen (secondary N) is 2. The maximum atomic E-state index is 13.3. The van der Waals surface area contributed by atoms with Crippen molar-refractivity contribution in [2.45, 2.75) is 31.2 Å². The Morgan fingerprint density at radius 3 is 2.20 bits per heavy atom. The van der Waals surface area contributed by atoms with E-state index in [9.17, 15) is 18.0 Å². The van der Waals surface area contributed by atoms with E-state index in [4.69, 9.17) is 0 Å². The summed E-state index contributed by atoms with van der Waals surface area (Å²) in [5.41, 5.74) is 2.67. The average Bonchev–Trinajstić information content (AvgIpc) is 2.88. The normalized spacial score (nSPS) is 14.5. The van der Waals surface area contributed by atoms with Crippen molar-refractivity contribution in [3.8, 4) is 0 Å². The summed E-state index contributed by atoms with van der Waals surface area (Å²) in [6.45, 7) is 2.84. The predicted octanol–water partition coefficient (Wildman–Crippen LogP) is 3.96. The second kappa shape index (κ2) is 10.8. The molecule has 0 radical (unpaired) electrons. The first-order valence-corrected chi connectivity index (χ1v) is 13.1. The van der Waals surface area contributed by atoms with Gasteiger partial charge in [0.15, 0.2) is 0 Å². The van der Waals surface area contributed by atoms with Gasteiger partial charge in [-0.15, -0.1) is 0 Å². The lowest BCUT2D eigenvalue weighted by Gasteiger charge is -2.31. The summed E-state index contributed by atoms with van der Waals surface area (Å²) in [4.78, 5) is 27.6. The fourth-order valence-electron chi connectivity index (χ4n) is 4.14. The lowest BCUT2D eigenvalue weighted by Crippen LogP contribution is -2.41. The van der Waals surface area contributed by atoms with Crippen molar-refractivity contribution in [1.29, 1.82) is 0 Å². The zero-order valence-corrected chi connectivity index (χ0v) is 20.4. The minimum atomic E-state index is -3.79. The van der Waals surface area contributed by atoms with Crippen molar-refractivity contribution >= 4 is 27.5 Å². The van der Waals surface area contributed by atoms with E-state index < -0.39 is 10.0 Å². The molecule has 1 heterocycles. The van der Waals surface area contributed by atoms with Crippen molar-refractivity contribution < 1.29 is 18.0 Å². The van der Waals surface area contributed by atoms with Crippen molar-refractivity contribution in [3.05, 3.63) is 95.6 Å². The minimum Gasteiger partial charge on any atom is -0.339 e. The number of nitrogens with zero attached hydrogens (tertiary/aromatic N) is 1. The van der Waals surface area contributed by atoms with Crippen LogP contribution in [0.25, 0.3) is 0 Å². The Morgan fingerprint density at radius 2 is 1.54 bits per heavy atom. The van der Waals surface area contributed by atoms with E-state index in [-0.39, 0.29) is 29.2 Å². The van der Waals surface area contributed by atoms with Gasteiger partial charge in [0, 0.05) is 36.8 Å². The summed E-state index contributed by atoms with van der Waals surface area (Å²) in [7, 11) is -3.79. The third-order valence-corrected chi connectivity index (χ3v) is 7.65. The van der Waals surface area contributed by atoms with Crippen LogP contribution in [0.2, 0.25) is 0 Å². The van der Waals surface area contributed by atoms with Crippen LogP contribution in [0.4, 0.5) is 5.69 Å². The molecule has 1 saturated heterocycles. The maximum absolute atomic E-state index is 13.3. The zero-order valence-electron chi connectivity index (χ0n) is 19.6. The zero-order chi connectivity index (χ0) is 24.8. The Labute approximate surface area is 206 Å². The Bertz CT molecular complexity index is 1290.